The monoisotopic (exact) mass is 631 g/mol. The summed E-state index contributed by atoms with van der Waals surface area (Å²) in [5.74, 6) is -0.860. The van der Waals surface area contributed by atoms with Gasteiger partial charge in [-0.3, -0.25) is 0 Å². The van der Waals surface area contributed by atoms with Gasteiger partial charge in [-0.25, -0.2) is 4.79 Å². The fourth-order valence-corrected chi connectivity index (χ4v) is 6.23. The lowest BCUT2D eigenvalue weighted by molar-refractivity contribution is -0.135. The smallest absolute Gasteiger partial charge is 0.349 e. The largest absolute Gasteiger partial charge is 0.465 e. The van der Waals surface area contributed by atoms with Gasteiger partial charge in [-0.05, 0) is 71.8 Å². The van der Waals surface area contributed by atoms with Crippen LogP contribution in [0.5, 0.6) is 0 Å². The minimum Gasteiger partial charge on any atom is -0.465 e. The Labute approximate surface area is 278 Å². The quantitative estimate of drug-likeness (QED) is 0.0692. The van der Waals surface area contributed by atoms with E-state index in [1.54, 1.807) is 18.2 Å². The molecule has 0 aliphatic rings. The van der Waals surface area contributed by atoms with Crippen molar-refractivity contribution in [1.82, 2.24) is 0 Å². The zero-order valence-electron chi connectivity index (χ0n) is 26.0. The first-order valence-electron chi connectivity index (χ1n) is 14.6. The van der Waals surface area contributed by atoms with Crippen LogP contribution in [0.2, 0.25) is 0 Å². The lowest BCUT2D eigenvalue weighted by Crippen LogP contribution is -2.09. The maximum absolute atomic E-state index is 13.0. The predicted molar refractivity (Wildman–Crippen MR) is 188 cm³/mol. The SMILES string of the molecule is COC(=O)/C(C#N)=C(/C(=C(C#N)C#N)c1ccc(N(C)C)cc1)c1ccc(-c2ccc(N(c3ccccc3)c3ccccc3)cc2)s1. The number of allylic oxidation sites excluding steroid dienone is 3. The van der Waals surface area contributed by atoms with Crippen molar-refractivity contribution in [2.75, 3.05) is 31.0 Å². The predicted octanol–water partition coefficient (Wildman–Crippen LogP) is 8.90. The fraction of sp³-hybridized carbons (Fsp3) is 0.0769. The second kappa shape index (κ2) is 14.6. The summed E-state index contributed by atoms with van der Waals surface area (Å²) in [4.78, 5) is 18.5. The molecule has 7 nitrogen and oxygen atoms in total. The van der Waals surface area contributed by atoms with Gasteiger partial charge in [0.05, 0.1) is 7.11 Å². The molecule has 0 saturated carbocycles. The molecule has 47 heavy (non-hydrogen) atoms. The molecule has 0 radical (unpaired) electrons. The van der Waals surface area contributed by atoms with Crippen LogP contribution in [-0.4, -0.2) is 27.2 Å². The fourth-order valence-electron chi connectivity index (χ4n) is 5.16. The highest BCUT2D eigenvalue weighted by molar-refractivity contribution is 7.16. The lowest BCUT2D eigenvalue weighted by Gasteiger charge is -2.25. The van der Waals surface area contributed by atoms with Crippen molar-refractivity contribution in [2.45, 2.75) is 0 Å². The number of esters is 1. The molecule has 0 fully saturated rings. The highest BCUT2D eigenvalue weighted by Crippen LogP contribution is 2.43. The minimum atomic E-state index is -0.860. The van der Waals surface area contributed by atoms with Crippen molar-refractivity contribution < 1.29 is 9.53 Å². The Bertz CT molecular complexity index is 2020. The van der Waals surface area contributed by atoms with E-state index in [-0.39, 0.29) is 22.3 Å². The van der Waals surface area contributed by atoms with Crippen molar-refractivity contribution in [3.05, 3.63) is 143 Å². The van der Waals surface area contributed by atoms with E-state index < -0.39 is 5.97 Å². The van der Waals surface area contributed by atoms with Gasteiger partial charge in [-0.2, -0.15) is 15.8 Å². The number of thiophene rings is 1. The zero-order valence-corrected chi connectivity index (χ0v) is 26.8. The van der Waals surface area contributed by atoms with E-state index in [0.717, 1.165) is 33.2 Å². The molecule has 1 heterocycles. The summed E-state index contributed by atoms with van der Waals surface area (Å²) in [6.45, 7) is 0. The molecule has 5 rings (SSSR count). The summed E-state index contributed by atoms with van der Waals surface area (Å²) in [5.41, 5.74) is 5.19. The van der Waals surface area contributed by atoms with Crippen molar-refractivity contribution >= 4 is 51.2 Å². The third-order valence-corrected chi connectivity index (χ3v) is 8.59. The second-order valence-corrected chi connectivity index (χ2v) is 11.6. The van der Waals surface area contributed by atoms with Crippen LogP contribution in [-0.2, 0) is 9.53 Å². The molecule has 8 heteroatoms. The van der Waals surface area contributed by atoms with Gasteiger partial charge in [0.2, 0.25) is 0 Å². The van der Waals surface area contributed by atoms with Crippen molar-refractivity contribution in [1.29, 1.82) is 15.8 Å². The summed E-state index contributed by atoms with van der Waals surface area (Å²) >= 11 is 1.35. The average molecular weight is 632 g/mol. The maximum Gasteiger partial charge on any atom is 0.349 e. The van der Waals surface area contributed by atoms with Crippen LogP contribution < -0.4 is 9.80 Å². The van der Waals surface area contributed by atoms with E-state index in [1.165, 1.54) is 18.4 Å². The Morgan fingerprint density at radius 3 is 1.66 bits per heavy atom. The molecular weight excluding hydrogens is 603 g/mol. The number of benzene rings is 4. The first kappa shape index (κ1) is 32.0. The number of hydrogen-bond acceptors (Lipinski definition) is 8. The highest BCUT2D eigenvalue weighted by Gasteiger charge is 2.26. The third kappa shape index (κ3) is 6.82. The average Bonchev–Trinajstić information content (AvgIpc) is 3.61. The van der Waals surface area contributed by atoms with E-state index in [4.69, 9.17) is 4.74 Å². The van der Waals surface area contributed by atoms with Crippen molar-refractivity contribution in [3.8, 4) is 28.6 Å². The molecular formula is C39H29N5O2S. The Balaban J connectivity index is 1.62. The number of nitriles is 3. The van der Waals surface area contributed by atoms with Crippen LogP contribution in [0.25, 0.3) is 21.6 Å². The molecule has 1 aromatic heterocycles. The number of carbonyl (C=O) groups is 1. The lowest BCUT2D eigenvalue weighted by atomic mass is 9.89. The van der Waals surface area contributed by atoms with E-state index in [1.807, 2.05) is 116 Å². The minimum absolute atomic E-state index is 0.169. The van der Waals surface area contributed by atoms with E-state index in [0.29, 0.717) is 10.4 Å². The molecule has 0 unspecified atom stereocenters. The number of nitrogens with zero attached hydrogens (tertiary/aromatic N) is 5. The van der Waals surface area contributed by atoms with Crippen LogP contribution >= 0.6 is 11.3 Å². The van der Waals surface area contributed by atoms with Gasteiger partial charge in [-0.15, -0.1) is 11.3 Å². The van der Waals surface area contributed by atoms with E-state index in [2.05, 4.69) is 29.2 Å². The molecule has 4 aromatic carbocycles. The number of para-hydroxylation sites is 2. The van der Waals surface area contributed by atoms with Gasteiger partial charge >= 0.3 is 5.97 Å². The normalized spacial score (nSPS) is 10.8. The van der Waals surface area contributed by atoms with Gasteiger partial charge in [0, 0.05) is 57.7 Å². The topological polar surface area (TPSA) is 104 Å². The van der Waals surface area contributed by atoms with Gasteiger partial charge in [0.25, 0.3) is 0 Å². The first-order valence-corrected chi connectivity index (χ1v) is 15.4. The molecule has 0 amide bonds. The Morgan fingerprint density at radius 1 is 0.638 bits per heavy atom. The van der Waals surface area contributed by atoms with Crippen LogP contribution in [0.4, 0.5) is 22.7 Å². The van der Waals surface area contributed by atoms with Gasteiger partial charge in [0.15, 0.2) is 0 Å². The van der Waals surface area contributed by atoms with Gasteiger partial charge < -0.3 is 14.5 Å². The number of hydrogen-bond donors (Lipinski definition) is 0. The van der Waals surface area contributed by atoms with Crippen molar-refractivity contribution in [3.63, 3.8) is 0 Å². The Morgan fingerprint density at radius 2 is 1.17 bits per heavy atom. The number of ether oxygens (including phenoxy) is 1. The van der Waals surface area contributed by atoms with Gasteiger partial charge in [-0.1, -0.05) is 60.7 Å². The van der Waals surface area contributed by atoms with Crippen LogP contribution in [0.1, 0.15) is 10.4 Å². The first-order chi connectivity index (χ1) is 22.9. The maximum atomic E-state index is 13.0. The molecule has 0 aliphatic heterocycles. The summed E-state index contributed by atoms with van der Waals surface area (Å²) in [5, 5.41) is 30.2. The number of methoxy groups -OCH3 is 1. The standard InChI is InChI=1S/C39H29N5O2S/c1-43(2)30-18-16-28(17-19-30)37(29(24-40)25-41)38(34(26-42)39(45)46-3)36-23-22-35(47-36)27-14-20-33(21-15-27)44(31-10-6-4-7-11-31)32-12-8-5-9-13-32/h4-23H,1-3H3/b38-34+. The molecule has 0 bridgehead atoms. The zero-order chi connectivity index (χ0) is 33.3. The second-order valence-electron chi connectivity index (χ2n) is 10.5. The summed E-state index contributed by atoms with van der Waals surface area (Å²) in [6, 6.07) is 45.2. The Hall–Kier alpha value is -6.40. The number of carbonyl (C=O) groups excluding carboxylic acids is 1. The van der Waals surface area contributed by atoms with Crippen LogP contribution in [0, 0.1) is 34.0 Å². The highest BCUT2D eigenvalue weighted by atomic mass is 32.1. The van der Waals surface area contributed by atoms with Crippen molar-refractivity contribution in [2.24, 2.45) is 0 Å². The molecule has 0 saturated heterocycles. The molecule has 0 spiro atoms. The van der Waals surface area contributed by atoms with Crippen LogP contribution in [0.3, 0.4) is 0 Å². The van der Waals surface area contributed by atoms with Crippen LogP contribution in [0.15, 0.2) is 132 Å². The molecule has 228 valence electrons. The Kier molecular flexibility index (Phi) is 9.93. The molecule has 0 atom stereocenters. The molecule has 0 N–H and O–H groups in total. The summed E-state index contributed by atoms with van der Waals surface area (Å²) in [7, 11) is 5.00. The summed E-state index contributed by atoms with van der Waals surface area (Å²) < 4.78 is 4.97. The van der Waals surface area contributed by atoms with Gasteiger partial charge in [0.1, 0.15) is 29.4 Å². The summed E-state index contributed by atoms with van der Waals surface area (Å²) in [6.07, 6.45) is 0. The molecule has 5 aromatic rings. The van der Waals surface area contributed by atoms with E-state index >= 15 is 0 Å². The number of rotatable bonds is 9. The molecule has 0 aliphatic carbocycles. The number of anilines is 4. The third-order valence-electron chi connectivity index (χ3n) is 7.44. The van der Waals surface area contributed by atoms with E-state index in [9.17, 15) is 20.6 Å².